The third-order valence-corrected chi connectivity index (χ3v) is 4.87. The number of hydrogen-bond donors (Lipinski definition) is 2. The Labute approximate surface area is 144 Å². The van der Waals surface area contributed by atoms with Crippen LogP contribution in [-0.2, 0) is 10.0 Å². The lowest BCUT2D eigenvalue weighted by molar-refractivity contribution is 0.0690. The Hall–Kier alpha value is -3.13. The van der Waals surface area contributed by atoms with Crippen molar-refractivity contribution < 1.29 is 18.3 Å². The third kappa shape index (κ3) is 3.53. The van der Waals surface area contributed by atoms with Gasteiger partial charge in [-0.05, 0) is 42.8 Å². The molecule has 0 spiro atoms. The number of carbonyl (C=O) groups is 1. The molecule has 0 fully saturated rings. The molecule has 0 aliphatic carbocycles. The first kappa shape index (κ1) is 16.7. The monoisotopic (exact) mass is 357 g/mol. The van der Waals surface area contributed by atoms with Crippen LogP contribution in [0.25, 0.3) is 5.69 Å². The maximum atomic E-state index is 12.6. The standard InChI is InChI=1S/C17H15N3O4S/c1-12-5-4-6-13(11-12)25(23,24)19-14-7-2-3-8-16(14)20-10-9-15(18-20)17(21)22/h2-11,19H,1H3,(H,21,22). The van der Waals surface area contributed by atoms with E-state index in [1.165, 1.54) is 23.0 Å². The fourth-order valence-corrected chi connectivity index (χ4v) is 3.50. The van der Waals surface area contributed by atoms with Gasteiger partial charge < -0.3 is 5.11 Å². The number of rotatable bonds is 5. The molecule has 0 saturated heterocycles. The number of aryl methyl sites for hydroxylation is 1. The molecule has 2 aromatic carbocycles. The number of aromatic carboxylic acids is 1. The van der Waals surface area contributed by atoms with Gasteiger partial charge in [0.25, 0.3) is 10.0 Å². The third-order valence-electron chi connectivity index (χ3n) is 3.50. The van der Waals surface area contributed by atoms with Crippen molar-refractivity contribution in [2.75, 3.05) is 4.72 Å². The summed E-state index contributed by atoms with van der Waals surface area (Å²) in [6.07, 6.45) is 1.46. The van der Waals surface area contributed by atoms with Crippen molar-refractivity contribution in [3.63, 3.8) is 0 Å². The van der Waals surface area contributed by atoms with Crippen LogP contribution in [0.5, 0.6) is 0 Å². The van der Waals surface area contributed by atoms with Gasteiger partial charge in [0.1, 0.15) is 0 Å². The summed E-state index contributed by atoms with van der Waals surface area (Å²) in [6.45, 7) is 1.81. The van der Waals surface area contributed by atoms with E-state index >= 15 is 0 Å². The van der Waals surface area contributed by atoms with E-state index in [1.54, 1.807) is 36.4 Å². The lowest BCUT2D eigenvalue weighted by Crippen LogP contribution is -2.15. The highest BCUT2D eigenvalue weighted by Crippen LogP contribution is 2.23. The van der Waals surface area contributed by atoms with Crippen LogP contribution in [0.15, 0.2) is 65.7 Å². The van der Waals surface area contributed by atoms with Gasteiger partial charge in [-0.25, -0.2) is 17.9 Å². The molecule has 3 aromatic rings. The maximum Gasteiger partial charge on any atom is 0.356 e. The molecule has 7 nitrogen and oxygen atoms in total. The number of benzene rings is 2. The van der Waals surface area contributed by atoms with E-state index in [9.17, 15) is 13.2 Å². The fourth-order valence-electron chi connectivity index (χ4n) is 2.32. The van der Waals surface area contributed by atoms with Gasteiger partial charge in [0.05, 0.1) is 16.3 Å². The van der Waals surface area contributed by atoms with Crippen molar-refractivity contribution in [1.29, 1.82) is 0 Å². The molecule has 3 rings (SSSR count). The second-order valence-corrected chi connectivity index (χ2v) is 7.07. The van der Waals surface area contributed by atoms with E-state index in [2.05, 4.69) is 9.82 Å². The highest BCUT2D eigenvalue weighted by atomic mass is 32.2. The van der Waals surface area contributed by atoms with Crippen LogP contribution in [0.4, 0.5) is 5.69 Å². The molecule has 0 atom stereocenters. The predicted molar refractivity (Wildman–Crippen MR) is 92.5 cm³/mol. The van der Waals surface area contributed by atoms with Crippen molar-refractivity contribution in [2.45, 2.75) is 11.8 Å². The highest BCUT2D eigenvalue weighted by Gasteiger charge is 2.17. The van der Waals surface area contributed by atoms with Gasteiger partial charge in [-0.15, -0.1) is 0 Å². The first-order valence-corrected chi connectivity index (χ1v) is 8.83. The summed E-state index contributed by atoms with van der Waals surface area (Å²) in [4.78, 5) is 11.1. The first-order chi connectivity index (χ1) is 11.9. The normalized spacial score (nSPS) is 11.2. The Kier molecular flexibility index (Phi) is 4.28. The van der Waals surface area contributed by atoms with Gasteiger partial charge in [-0.3, -0.25) is 4.72 Å². The lowest BCUT2D eigenvalue weighted by Gasteiger charge is -2.13. The molecule has 1 heterocycles. The van der Waals surface area contributed by atoms with Gasteiger partial charge in [0.15, 0.2) is 5.69 Å². The van der Waals surface area contributed by atoms with Crippen LogP contribution in [0.1, 0.15) is 16.1 Å². The molecule has 0 unspecified atom stereocenters. The van der Waals surface area contributed by atoms with Crippen LogP contribution in [-0.4, -0.2) is 29.3 Å². The van der Waals surface area contributed by atoms with E-state index in [1.807, 2.05) is 13.0 Å². The molecule has 25 heavy (non-hydrogen) atoms. The first-order valence-electron chi connectivity index (χ1n) is 7.35. The molecule has 8 heteroatoms. The molecular formula is C17H15N3O4S. The molecule has 0 amide bonds. The Morgan fingerprint density at radius 3 is 2.56 bits per heavy atom. The Morgan fingerprint density at radius 1 is 1.12 bits per heavy atom. The summed E-state index contributed by atoms with van der Waals surface area (Å²) in [5.41, 5.74) is 1.42. The van der Waals surface area contributed by atoms with Crippen LogP contribution in [0.2, 0.25) is 0 Å². The molecule has 0 saturated carbocycles. The molecular weight excluding hydrogens is 342 g/mol. The van der Waals surface area contributed by atoms with Crippen molar-refractivity contribution in [3.05, 3.63) is 72.1 Å². The smallest absolute Gasteiger partial charge is 0.356 e. The molecule has 0 radical (unpaired) electrons. The predicted octanol–water partition coefficient (Wildman–Crippen LogP) is 2.68. The minimum Gasteiger partial charge on any atom is -0.476 e. The van der Waals surface area contributed by atoms with Crippen molar-refractivity contribution in [2.24, 2.45) is 0 Å². The number of aromatic nitrogens is 2. The number of carboxylic acid groups (broad SMARTS) is 1. The van der Waals surface area contributed by atoms with Gasteiger partial charge in [-0.2, -0.15) is 5.10 Å². The van der Waals surface area contributed by atoms with E-state index in [0.29, 0.717) is 11.4 Å². The van der Waals surface area contributed by atoms with Crippen LogP contribution in [0, 0.1) is 6.92 Å². The topological polar surface area (TPSA) is 101 Å². The second kappa shape index (κ2) is 6.40. The number of hydrogen-bond acceptors (Lipinski definition) is 4. The van der Waals surface area contributed by atoms with Gasteiger partial charge in [0, 0.05) is 6.20 Å². The summed E-state index contributed by atoms with van der Waals surface area (Å²) in [5.74, 6) is -1.16. The Morgan fingerprint density at radius 2 is 1.88 bits per heavy atom. The lowest BCUT2D eigenvalue weighted by atomic mass is 10.2. The molecule has 1 aromatic heterocycles. The SMILES string of the molecule is Cc1cccc(S(=O)(=O)Nc2ccccc2-n2ccc(C(=O)O)n2)c1. The average Bonchev–Trinajstić information content (AvgIpc) is 3.05. The van der Waals surface area contributed by atoms with Crippen LogP contribution < -0.4 is 4.72 Å². The largest absolute Gasteiger partial charge is 0.476 e. The minimum absolute atomic E-state index is 0.128. The number of para-hydroxylation sites is 2. The summed E-state index contributed by atoms with van der Waals surface area (Å²) >= 11 is 0. The second-order valence-electron chi connectivity index (χ2n) is 5.39. The molecule has 0 aliphatic rings. The molecule has 2 N–H and O–H groups in total. The van der Waals surface area contributed by atoms with Crippen LogP contribution >= 0.6 is 0 Å². The quantitative estimate of drug-likeness (QED) is 0.731. The maximum absolute atomic E-state index is 12.6. The summed E-state index contributed by atoms with van der Waals surface area (Å²) in [5, 5.41) is 12.9. The molecule has 128 valence electrons. The van der Waals surface area contributed by atoms with Gasteiger partial charge >= 0.3 is 5.97 Å². The Bertz CT molecular complexity index is 1040. The summed E-state index contributed by atoms with van der Waals surface area (Å²) < 4.78 is 29.1. The van der Waals surface area contributed by atoms with Crippen molar-refractivity contribution in [1.82, 2.24) is 9.78 Å². The number of carboxylic acids is 1. The van der Waals surface area contributed by atoms with E-state index in [-0.39, 0.29) is 10.6 Å². The van der Waals surface area contributed by atoms with Crippen LogP contribution in [0.3, 0.4) is 0 Å². The van der Waals surface area contributed by atoms with Crippen molar-refractivity contribution >= 4 is 21.7 Å². The minimum atomic E-state index is -3.78. The number of anilines is 1. The zero-order chi connectivity index (χ0) is 18.0. The van der Waals surface area contributed by atoms with E-state index in [4.69, 9.17) is 5.11 Å². The number of nitrogens with zero attached hydrogens (tertiary/aromatic N) is 2. The van der Waals surface area contributed by atoms with Crippen molar-refractivity contribution in [3.8, 4) is 5.69 Å². The Balaban J connectivity index is 2.00. The number of nitrogens with one attached hydrogen (secondary N) is 1. The molecule has 0 aliphatic heterocycles. The van der Waals surface area contributed by atoms with Gasteiger partial charge in [0.2, 0.25) is 0 Å². The zero-order valence-corrected chi connectivity index (χ0v) is 14.1. The summed E-state index contributed by atoms with van der Waals surface area (Å²) in [6, 6.07) is 14.5. The zero-order valence-electron chi connectivity index (χ0n) is 13.2. The number of sulfonamides is 1. The van der Waals surface area contributed by atoms with Gasteiger partial charge in [-0.1, -0.05) is 24.3 Å². The fraction of sp³-hybridized carbons (Fsp3) is 0.0588. The molecule has 0 bridgehead atoms. The highest BCUT2D eigenvalue weighted by molar-refractivity contribution is 7.92. The van der Waals surface area contributed by atoms with E-state index < -0.39 is 16.0 Å². The van der Waals surface area contributed by atoms with E-state index in [0.717, 1.165) is 5.56 Å². The summed E-state index contributed by atoms with van der Waals surface area (Å²) in [7, 11) is -3.78. The average molecular weight is 357 g/mol.